The van der Waals surface area contributed by atoms with Gasteiger partial charge in [-0.25, -0.2) is 8.42 Å². The zero-order valence-electron chi connectivity index (χ0n) is 9.68. The summed E-state index contributed by atoms with van der Waals surface area (Å²) in [5, 5.41) is 3.28. The Hall–Kier alpha value is -0.940. The first-order chi connectivity index (χ1) is 7.49. The number of rotatable bonds is 6. The SMILES string of the molecule is CC(NCCCS(C)(=O)=O)c1ccncc1. The Labute approximate surface area is 97.0 Å². The van der Waals surface area contributed by atoms with Gasteiger partial charge in [0.1, 0.15) is 9.84 Å². The van der Waals surface area contributed by atoms with Crippen LogP contribution in [0.1, 0.15) is 24.9 Å². The summed E-state index contributed by atoms with van der Waals surface area (Å²) in [5.41, 5.74) is 1.16. The van der Waals surface area contributed by atoms with Crippen LogP contribution >= 0.6 is 0 Å². The van der Waals surface area contributed by atoms with Crippen molar-refractivity contribution in [1.82, 2.24) is 10.3 Å². The van der Waals surface area contributed by atoms with Crippen molar-refractivity contribution in [3.8, 4) is 0 Å². The van der Waals surface area contributed by atoms with Crippen molar-refractivity contribution in [2.75, 3.05) is 18.6 Å². The van der Waals surface area contributed by atoms with E-state index >= 15 is 0 Å². The van der Waals surface area contributed by atoms with Crippen LogP contribution in [0, 0.1) is 0 Å². The van der Waals surface area contributed by atoms with Crippen LogP contribution in [-0.4, -0.2) is 32.0 Å². The summed E-state index contributed by atoms with van der Waals surface area (Å²) in [7, 11) is -2.84. The molecule has 0 amide bonds. The molecule has 1 aromatic heterocycles. The smallest absolute Gasteiger partial charge is 0.147 e. The van der Waals surface area contributed by atoms with Crippen LogP contribution in [0.2, 0.25) is 0 Å². The highest BCUT2D eigenvalue weighted by atomic mass is 32.2. The van der Waals surface area contributed by atoms with Gasteiger partial charge in [0, 0.05) is 24.7 Å². The van der Waals surface area contributed by atoms with Crippen molar-refractivity contribution in [3.63, 3.8) is 0 Å². The molecule has 0 aliphatic rings. The molecule has 0 aliphatic heterocycles. The van der Waals surface area contributed by atoms with Gasteiger partial charge in [0.15, 0.2) is 0 Å². The largest absolute Gasteiger partial charge is 0.310 e. The van der Waals surface area contributed by atoms with Gasteiger partial charge < -0.3 is 5.32 Å². The number of sulfone groups is 1. The molecule has 1 heterocycles. The lowest BCUT2D eigenvalue weighted by molar-refractivity contribution is 0.561. The number of hydrogen-bond donors (Lipinski definition) is 1. The maximum absolute atomic E-state index is 10.9. The number of pyridine rings is 1. The van der Waals surface area contributed by atoms with Gasteiger partial charge in [0.2, 0.25) is 0 Å². The van der Waals surface area contributed by atoms with Crippen LogP contribution in [0.25, 0.3) is 0 Å². The van der Waals surface area contributed by atoms with Gasteiger partial charge >= 0.3 is 0 Å². The van der Waals surface area contributed by atoms with E-state index < -0.39 is 9.84 Å². The van der Waals surface area contributed by atoms with Crippen LogP contribution < -0.4 is 5.32 Å². The standard InChI is InChI=1S/C11H18N2O2S/c1-10(11-4-7-12-8-5-11)13-6-3-9-16(2,14)15/h4-5,7-8,10,13H,3,6,9H2,1-2H3. The predicted molar refractivity (Wildman–Crippen MR) is 65.0 cm³/mol. The Kier molecular flexibility index (Phi) is 4.89. The molecule has 16 heavy (non-hydrogen) atoms. The Morgan fingerprint density at radius 1 is 1.38 bits per heavy atom. The molecule has 5 heteroatoms. The Morgan fingerprint density at radius 3 is 2.56 bits per heavy atom. The topological polar surface area (TPSA) is 59.1 Å². The first-order valence-corrected chi connectivity index (χ1v) is 7.36. The molecular formula is C11H18N2O2S. The second-order valence-corrected chi connectivity index (χ2v) is 6.20. The minimum atomic E-state index is -2.84. The second-order valence-electron chi connectivity index (χ2n) is 3.94. The Morgan fingerprint density at radius 2 is 2.00 bits per heavy atom. The fourth-order valence-corrected chi connectivity index (χ4v) is 2.09. The minimum absolute atomic E-state index is 0.225. The molecule has 0 bridgehead atoms. The molecule has 1 N–H and O–H groups in total. The number of nitrogens with one attached hydrogen (secondary N) is 1. The molecule has 1 aromatic rings. The molecule has 1 atom stereocenters. The van der Waals surface area contributed by atoms with Crippen molar-refractivity contribution >= 4 is 9.84 Å². The van der Waals surface area contributed by atoms with Crippen LogP contribution in [-0.2, 0) is 9.84 Å². The molecule has 0 fully saturated rings. The van der Waals surface area contributed by atoms with Crippen LogP contribution in [0.4, 0.5) is 0 Å². The first kappa shape index (κ1) is 13.1. The van der Waals surface area contributed by atoms with Crippen molar-refractivity contribution in [2.45, 2.75) is 19.4 Å². The van der Waals surface area contributed by atoms with E-state index in [1.807, 2.05) is 12.1 Å². The van der Waals surface area contributed by atoms with Gasteiger partial charge in [0.05, 0.1) is 5.75 Å². The highest BCUT2D eigenvalue weighted by Gasteiger charge is 2.05. The van der Waals surface area contributed by atoms with Crippen LogP contribution in [0.15, 0.2) is 24.5 Å². The summed E-state index contributed by atoms with van der Waals surface area (Å²) in [6, 6.07) is 4.13. The molecule has 0 spiro atoms. The van der Waals surface area contributed by atoms with E-state index in [1.165, 1.54) is 6.26 Å². The summed E-state index contributed by atoms with van der Waals surface area (Å²) < 4.78 is 21.8. The first-order valence-electron chi connectivity index (χ1n) is 5.30. The Balaban J connectivity index is 2.29. The maximum Gasteiger partial charge on any atom is 0.147 e. The van der Waals surface area contributed by atoms with E-state index in [4.69, 9.17) is 0 Å². The molecular weight excluding hydrogens is 224 g/mol. The normalized spacial score (nSPS) is 13.6. The summed E-state index contributed by atoms with van der Waals surface area (Å²) in [5.74, 6) is 0.239. The van der Waals surface area contributed by atoms with E-state index in [0.717, 1.165) is 5.56 Å². The monoisotopic (exact) mass is 242 g/mol. The van der Waals surface area contributed by atoms with Crippen LogP contribution in [0.3, 0.4) is 0 Å². The van der Waals surface area contributed by atoms with E-state index in [1.54, 1.807) is 12.4 Å². The van der Waals surface area contributed by atoms with E-state index in [9.17, 15) is 8.42 Å². The van der Waals surface area contributed by atoms with Gasteiger partial charge in [0.25, 0.3) is 0 Å². The van der Waals surface area contributed by atoms with Gasteiger partial charge in [-0.15, -0.1) is 0 Å². The zero-order chi connectivity index (χ0) is 12.0. The van der Waals surface area contributed by atoms with Crippen molar-refractivity contribution in [2.24, 2.45) is 0 Å². The minimum Gasteiger partial charge on any atom is -0.310 e. The molecule has 1 rings (SSSR count). The second kappa shape index (κ2) is 5.96. The van der Waals surface area contributed by atoms with Gasteiger partial charge in [-0.2, -0.15) is 0 Å². The molecule has 0 aromatic carbocycles. The maximum atomic E-state index is 10.9. The van der Waals surface area contributed by atoms with Crippen LogP contribution in [0.5, 0.6) is 0 Å². The average molecular weight is 242 g/mol. The summed E-state index contributed by atoms with van der Waals surface area (Å²) in [6.07, 6.45) is 5.42. The van der Waals surface area contributed by atoms with Crippen molar-refractivity contribution in [1.29, 1.82) is 0 Å². The van der Waals surface area contributed by atoms with Crippen molar-refractivity contribution in [3.05, 3.63) is 30.1 Å². The molecule has 0 saturated heterocycles. The summed E-state index contributed by atoms with van der Waals surface area (Å²) in [6.45, 7) is 2.76. The van der Waals surface area contributed by atoms with Gasteiger partial charge in [-0.1, -0.05) is 0 Å². The predicted octanol–water partition coefficient (Wildman–Crippen LogP) is 1.17. The lowest BCUT2D eigenvalue weighted by Gasteiger charge is -2.13. The van der Waals surface area contributed by atoms with Gasteiger partial charge in [-0.3, -0.25) is 4.98 Å². The lowest BCUT2D eigenvalue weighted by atomic mass is 10.1. The fourth-order valence-electron chi connectivity index (χ4n) is 1.42. The summed E-state index contributed by atoms with van der Waals surface area (Å²) >= 11 is 0. The van der Waals surface area contributed by atoms with E-state index in [-0.39, 0.29) is 11.8 Å². The third-order valence-electron chi connectivity index (χ3n) is 2.35. The van der Waals surface area contributed by atoms with E-state index in [2.05, 4.69) is 17.2 Å². The lowest BCUT2D eigenvalue weighted by Crippen LogP contribution is -2.21. The Bertz CT molecular complexity index is 403. The number of hydrogen-bond acceptors (Lipinski definition) is 4. The number of aromatic nitrogens is 1. The quantitative estimate of drug-likeness (QED) is 0.761. The average Bonchev–Trinajstić information content (AvgIpc) is 2.24. The molecule has 90 valence electrons. The third-order valence-corrected chi connectivity index (χ3v) is 3.38. The fraction of sp³-hybridized carbons (Fsp3) is 0.545. The molecule has 1 unspecified atom stereocenters. The van der Waals surface area contributed by atoms with Gasteiger partial charge in [-0.05, 0) is 37.6 Å². The molecule has 4 nitrogen and oxygen atoms in total. The number of nitrogens with zero attached hydrogens (tertiary/aromatic N) is 1. The third kappa shape index (κ3) is 5.23. The highest BCUT2D eigenvalue weighted by molar-refractivity contribution is 7.90. The van der Waals surface area contributed by atoms with E-state index in [0.29, 0.717) is 13.0 Å². The highest BCUT2D eigenvalue weighted by Crippen LogP contribution is 2.09. The summed E-state index contributed by atoms with van der Waals surface area (Å²) in [4.78, 5) is 3.95. The molecule has 0 aliphatic carbocycles. The zero-order valence-corrected chi connectivity index (χ0v) is 10.5. The van der Waals surface area contributed by atoms with Crippen molar-refractivity contribution < 1.29 is 8.42 Å². The molecule has 0 saturated carbocycles. The molecule has 0 radical (unpaired) electrons.